The highest BCUT2D eigenvalue weighted by Crippen LogP contribution is 2.32. The summed E-state index contributed by atoms with van der Waals surface area (Å²) in [5.74, 6) is -1.55. The number of hydrogen-bond donors (Lipinski definition) is 3. The molecule has 4 rings (SSSR count). The Kier molecular flexibility index (Phi) is 5.93. The van der Waals surface area contributed by atoms with Gasteiger partial charge in [0.2, 0.25) is 0 Å². The maximum Gasteiger partial charge on any atom is 0.326 e. The Labute approximate surface area is 184 Å². The van der Waals surface area contributed by atoms with E-state index >= 15 is 0 Å². The van der Waals surface area contributed by atoms with Crippen LogP contribution in [-0.2, 0) is 11.2 Å². The fourth-order valence-corrected chi connectivity index (χ4v) is 3.55. The van der Waals surface area contributed by atoms with E-state index < -0.39 is 17.8 Å². The molecule has 32 heavy (non-hydrogen) atoms. The summed E-state index contributed by atoms with van der Waals surface area (Å²) in [5.41, 5.74) is 2.46. The highest BCUT2D eigenvalue weighted by molar-refractivity contribution is 6.09. The van der Waals surface area contributed by atoms with Crippen molar-refractivity contribution in [2.45, 2.75) is 12.5 Å². The summed E-state index contributed by atoms with van der Waals surface area (Å²) in [5, 5.41) is 15.3. The number of nitrogens with zero attached hydrogens (tertiary/aromatic N) is 1. The monoisotopic (exact) mass is 435 g/mol. The Morgan fingerprint density at radius 1 is 1.16 bits per heavy atom. The highest BCUT2D eigenvalue weighted by atomic mass is 19.1. The summed E-state index contributed by atoms with van der Waals surface area (Å²) in [6.07, 6.45) is 0.327. The molecule has 0 saturated heterocycles. The van der Waals surface area contributed by atoms with Crippen LogP contribution in [0, 0.1) is 5.82 Å². The van der Waals surface area contributed by atoms with Crippen LogP contribution in [0.25, 0.3) is 0 Å². The standard InChI is InChI=1S/C24H22FN3O4/c1-26-20-13-22-18(12-19(20)25)23(29)28(14-32-22)17-9-7-16(8-10-17)27-21(24(30)31)11-15-5-3-2-4-6-15/h2-10,12-13,21,26-27H,11,14H2,1H3,(H,30,31)/t21-/m1/s1. The van der Waals surface area contributed by atoms with Crippen molar-refractivity contribution in [1.82, 2.24) is 0 Å². The molecule has 8 heteroatoms. The van der Waals surface area contributed by atoms with Crippen molar-refractivity contribution in [3.63, 3.8) is 0 Å². The number of amides is 1. The van der Waals surface area contributed by atoms with Crippen LogP contribution in [-0.4, -0.2) is 36.8 Å². The Balaban J connectivity index is 1.49. The second-order valence-corrected chi connectivity index (χ2v) is 7.36. The zero-order valence-electron chi connectivity index (χ0n) is 17.3. The summed E-state index contributed by atoms with van der Waals surface area (Å²) in [7, 11) is 1.59. The number of carboxylic acid groups (broad SMARTS) is 1. The summed E-state index contributed by atoms with van der Waals surface area (Å²) in [6.45, 7) is -0.0147. The number of hydrogen-bond acceptors (Lipinski definition) is 5. The summed E-state index contributed by atoms with van der Waals surface area (Å²) in [6, 6.07) is 18.0. The molecular formula is C24H22FN3O4. The van der Waals surface area contributed by atoms with Gasteiger partial charge in [0.05, 0.1) is 11.3 Å². The summed E-state index contributed by atoms with van der Waals surface area (Å²) in [4.78, 5) is 26.0. The lowest BCUT2D eigenvalue weighted by molar-refractivity contribution is -0.137. The molecule has 3 aromatic carbocycles. The number of carbonyl (C=O) groups excluding carboxylic acids is 1. The molecule has 164 valence electrons. The molecule has 0 unspecified atom stereocenters. The Bertz CT molecular complexity index is 1140. The summed E-state index contributed by atoms with van der Waals surface area (Å²) >= 11 is 0. The number of carbonyl (C=O) groups is 2. The largest absolute Gasteiger partial charge is 0.480 e. The zero-order valence-corrected chi connectivity index (χ0v) is 17.3. The minimum atomic E-state index is -0.961. The second kappa shape index (κ2) is 8.97. The van der Waals surface area contributed by atoms with E-state index in [9.17, 15) is 19.1 Å². The number of aliphatic carboxylic acids is 1. The Hall–Kier alpha value is -4.07. The predicted octanol–water partition coefficient (Wildman–Crippen LogP) is 3.97. The van der Waals surface area contributed by atoms with E-state index in [0.717, 1.165) is 11.6 Å². The van der Waals surface area contributed by atoms with Crippen LogP contribution in [0.2, 0.25) is 0 Å². The lowest BCUT2D eigenvalue weighted by atomic mass is 10.1. The van der Waals surface area contributed by atoms with Gasteiger partial charge in [-0.15, -0.1) is 0 Å². The molecule has 0 aromatic heterocycles. The van der Waals surface area contributed by atoms with Crippen LogP contribution in [0.15, 0.2) is 66.7 Å². The van der Waals surface area contributed by atoms with Crippen LogP contribution in [0.4, 0.5) is 21.5 Å². The minimum absolute atomic E-state index is 0.0147. The van der Waals surface area contributed by atoms with E-state index in [1.807, 2.05) is 30.3 Å². The highest BCUT2D eigenvalue weighted by Gasteiger charge is 2.28. The maximum absolute atomic E-state index is 14.1. The number of benzene rings is 3. The van der Waals surface area contributed by atoms with Gasteiger partial charge in [0.15, 0.2) is 6.73 Å². The third-order valence-corrected chi connectivity index (χ3v) is 5.26. The molecule has 0 aliphatic carbocycles. The molecule has 0 spiro atoms. The second-order valence-electron chi connectivity index (χ2n) is 7.36. The first-order chi connectivity index (χ1) is 15.5. The number of fused-ring (bicyclic) bond motifs is 1. The van der Waals surface area contributed by atoms with Gasteiger partial charge >= 0.3 is 5.97 Å². The molecule has 1 aliphatic heterocycles. The van der Waals surface area contributed by atoms with Gasteiger partial charge in [-0.1, -0.05) is 30.3 Å². The van der Waals surface area contributed by atoms with Gasteiger partial charge in [-0.05, 0) is 35.9 Å². The third-order valence-electron chi connectivity index (χ3n) is 5.26. The number of anilines is 3. The average molecular weight is 435 g/mol. The fourth-order valence-electron chi connectivity index (χ4n) is 3.55. The molecule has 7 nitrogen and oxygen atoms in total. The minimum Gasteiger partial charge on any atom is -0.480 e. The van der Waals surface area contributed by atoms with Gasteiger partial charge in [-0.2, -0.15) is 0 Å². The van der Waals surface area contributed by atoms with Crippen molar-refractivity contribution >= 4 is 28.9 Å². The Morgan fingerprint density at radius 2 is 1.88 bits per heavy atom. The van der Waals surface area contributed by atoms with Gasteiger partial charge in [-0.25, -0.2) is 9.18 Å². The zero-order chi connectivity index (χ0) is 22.7. The normalized spacial score (nSPS) is 13.7. The van der Waals surface area contributed by atoms with Crippen molar-refractivity contribution in [3.8, 4) is 5.75 Å². The molecule has 1 heterocycles. The van der Waals surface area contributed by atoms with Gasteiger partial charge in [0, 0.05) is 30.9 Å². The van der Waals surface area contributed by atoms with Crippen LogP contribution in [0.1, 0.15) is 15.9 Å². The molecule has 3 aromatic rings. The number of nitrogens with one attached hydrogen (secondary N) is 2. The van der Waals surface area contributed by atoms with E-state index in [4.69, 9.17) is 4.74 Å². The molecule has 1 atom stereocenters. The van der Waals surface area contributed by atoms with Gasteiger partial charge in [-0.3, -0.25) is 9.69 Å². The molecule has 1 aliphatic rings. The molecule has 0 fully saturated rings. The SMILES string of the molecule is CNc1cc2c(cc1F)C(=O)N(c1ccc(N[C@H](Cc3ccccc3)C(=O)O)cc1)CO2. The molecule has 1 amide bonds. The van der Waals surface area contributed by atoms with Crippen LogP contribution in [0.5, 0.6) is 5.75 Å². The topological polar surface area (TPSA) is 90.9 Å². The quantitative estimate of drug-likeness (QED) is 0.520. The van der Waals surface area contributed by atoms with Gasteiger partial charge in [0.25, 0.3) is 5.91 Å². The van der Waals surface area contributed by atoms with Crippen LogP contribution in [0.3, 0.4) is 0 Å². The number of carboxylic acids is 1. The summed E-state index contributed by atoms with van der Waals surface area (Å²) < 4.78 is 19.8. The van der Waals surface area contributed by atoms with E-state index in [2.05, 4.69) is 10.6 Å². The number of rotatable bonds is 7. The van der Waals surface area contributed by atoms with Crippen LogP contribution < -0.4 is 20.3 Å². The molecule has 0 bridgehead atoms. The smallest absolute Gasteiger partial charge is 0.326 e. The van der Waals surface area contributed by atoms with E-state index in [1.54, 1.807) is 31.3 Å². The lowest BCUT2D eigenvalue weighted by Crippen LogP contribution is -2.38. The van der Waals surface area contributed by atoms with Gasteiger partial charge < -0.3 is 20.5 Å². The molecule has 3 N–H and O–H groups in total. The Morgan fingerprint density at radius 3 is 2.53 bits per heavy atom. The van der Waals surface area contributed by atoms with Gasteiger partial charge in [0.1, 0.15) is 17.6 Å². The van der Waals surface area contributed by atoms with E-state index in [0.29, 0.717) is 23.5 Å². The number of ether oxygens (including phenoxy) is 1. The third kappa shape index (κ3) is 4.34. The molecular weight excluding hydrogens is 413 g/mol. The van der Waals surface area contributed by atoms with E-state index in [-0.39, 0.29) is 23.9 Å². The van der Waals surface area contributed by atoms with E-state index in [1.165, 1.54) is 11.0 Å². The predicted molar refractivity (Wildman–Crippen MR) is 120 cm³/mol. The van der Waals surface area contributed by atoms with Crippen molar-refractivity contribution in [2.24, 2.45) is 0 Å². The molecule has 0 radical (unpaired) electrons. The lowest BCUT2D eigenvalue weighted by Gasteiger charge is -2.29. The fraction of sp³-hybridized carbons (Fsp3) is 0.167. The van der Waals surface area contributed by atoms with Crippen molar-refractivity contribution < 1.29 is 23.8 Å². The number of halogens is 1. The first kappa shape index (κ1) is 21.2. The first-order valence-electron chi connectivity index (χ1n) is 10.1. The van der Waals surface area contributed by atoms with Crippen molar-refractivity contribution in [2.75, 3.05) is 29.3 Å². The van der Waals surface area contributed by atoms with Crippen molar-refractivity contribution in [1.29, 1.82) is 0 Å². The maximum atomic E-state index is 14.1. The first-order valence-corrected chi connectivity index (χ1v) is 10.1. The van der Waals surface area contributed by atoms with Crippen molar-refractivity contribution in [3.05, 3.63) is 83.7 Å². The van der Waals surface area contributed by atoms with Crippen LogP contribution >= 0.6 is 0 Å². The molecule has 0 saturated carbocycles. The average Bonchev–Trinajstić information content (AvgIpc) is 2.80.